The van der Waals surface area contributed by atoms with Crippen LogP contribution in [-0.4, -0.2) is 23.2 Å². The predicted molar refractivity (Wildman–Crippen MR) is 87.2 cm³/mol. The number of nitrogens with zero attached hydrogens (tertiary/aromatic N) is 1. The minimum Gasteiger partial charge on any atom is -0.394 e. The molecule has 0 atom stereocenters. The molecular weight excluding hydrogens is 278 g/mol. The fraction of sp³-hybridized carbons (Fsp3) is 0.412. The van der Waals surface area contributed by atoms with Gasteiger partial charge in [0.1, 0.15) is 11.6 Å². The molecule has 22 heavy (non-hydrogen) atoms. The highest BCUT2D eigenvalue weighted by molar-refractivity contribution is 6.06. The Hall–Kier alpha value is -2.32. The van der Waals surface area contributed by atoms with E-state index in [1.165, 1.54) is 11.8 Å². The Kier molecular flexibility index (Phi) is 6.14. The van der Waals surface area contributed by atoms with E-state index in [0.717, 1.165) is 0 Å². The molecule has 1 aromatic rings. The van der Waals surface area contributed by atoms with Gasteiger partial charge in [-0.25, -0.2) is 0 Å². The minimum absolute atomic E-state index is 0.0468. The third-order valence-corrected chi connectivity index (χ3v) is 3.20. The van der Waals surface area contributed by atoms with Gasteiger partial charge in [0.2, 0.25) is 0 Å². The highest BCUT2D eigenvalue weighted by Gasteiger charge is 2.16. The number of nitriles is 1. The fourth-order valence-electron chi connectivity index (χ4n) is 1.61. The molecule has 0 aliphatic carbocycles. The van der Waals surface area contributed by atoms with Crippen molar-refractivity contribution >= 4 is 11.6 Å². The molecule has 5 nitrogen and oxygen atoms in total. The zero-order chi connectivity index (χ0) is 16.8. The molecule has 3 N–H and O–H groups in total. The maximum absolute atomic E-state index is 12.1. The van der Waals surface area contributed by atoms with Crippen LogP contribution in [0.1, 0.15) is 39.2 Å². The summed E-state index contributed by atoms with van der Waals surface area (Å²) in [6, 6.07) is 9.37. The van der Waals surface area contributed by atoms with Gasteiger partial charge in [0, 0.05) is 11.9 Å². The van der Waals surface area contributed by atoms with Crippen LogP contribution in [0.25, 0.3) is 0 Å². The first kappa shape index (κ1) is 17.7. The third-order valence-electron chi connectivity index (χ3n) is 3.20. The highest BCUT2D eigenvalue weighted by atomic mass is 16.3. The number of hydrogen-bond donors (Lipinski definition) is 3. The number of amides is 1. The molecule has 1 amide bonds. The molecule has 1 aromatic carbocycles. The second-order valence-corrected chi connectivity index (χ2v) is 6.09. The van der Waals surface area contributed by atoms with Crippen molar-refractivity contribution in [2.24, 2.45) is 0 Å². The van der Waals surface area contributed by atoms with Crippen molar-refractivity contribution in [2.75, 3.05) is 11.9 Å². The molecule has 0 radical (unpaired) electrons. The number of aliphatic hydroxyl groups excluding tert-OH is 1. The van der Waals surface area contributed by atoms with Crippen molar-refractivity contribution < 1.29 is 9.90 Å². The molecule has 0 bridgehead atoms. The molecule has 0 saturated heterocycles. The van der Waals surface area contributed by atoms with Crippen LogP contribution in [0.4, 0.5) is 5.69 Å². The van der Waals surface area contributed by atoms with Gasteiger partial charge >= 0.3 is 0 Å². The lowest BCUT2D eigenvalue weighted by Gasteiger charge is -2.22. The maximum atomic E-state index is 12.1. The Morgan fingerprint density at radius 3 is 2.41 bits per heavy atom. The van der Waals surface area contributed by atoms with Crippen LogP contribution < -0.4 is 10.6 Å². The van der Waals surface area contributed by atoms with E-state index < -0.39 is 11.4 Å². The van der Waals surface area contributed by atoms with Crippen LogP contribution in [0, 0.1) is 11.3 Å². The van der Waals surface area contributed by atoms with E-state index >= 15 is 0 Å². The quantitative estimate of drug-likeness (QED) is 0.557. The number of nitrogens with one attached hydrogen (secondary N) is 2. The first-order valence-electron chi connectivity index (χ1n) is 7.19. The van der Waals surface area contributed by atoms with E-state index in [0.29, 0.717) is 11.6 Å². The number of aliphatic hydroxyl groups is 1. The van der Waals surface area contributed by atoms with Crippen molar-refractivity contribution in [2.45, 2.75) is 39.2 Å². The molecule has 0 unspecified atom stereocenters. The zero-order valence-electron chi connectivity index (χ0n) is 13.5. The van der Waals surface area contributed by atoms with Gasteiger partial charge in [-0.3, -0.25) is 4.79 Å². The van der Waals surface area contributed by atoms with Crippen LogP contribution in [0.5, 0.6) is 0 Å². The SMILES string of the molecule is CC(C)c1ccc(NC(=O)/C(C#N)=C\NC(C)(C)CO)cc1. The van der Waals surface area contributed by atoms with E-state index in [1.54, 1.807) is 13.8 Å². The largest absolute Gasteiger partial charge is 0.394 e. The Morgan fingerprint density at radius 1 is 1.36 bits per heavy atom. The first-order chi connectivity index (χ1) is 10.3. The minimum atomic E-state index is -0.596. The number of anilines is 1. The van der Waals surface area contributed by atoms with Crippen molar-refractivity contribution in [1.29, 1.82) is 5.26 Å². The van der Waals surface area contributed by atoms with E-state index in [2.05, 4.69) is 24.5 Å². The van der Waals surface area contributed by atoms with Gasteiger partial charge in [-0.15, -0.1) is 0 Å². The third kappa shape index (κ3) is 5.23. The standard InChI is InChI=1S/C17H23N3O2/c1-12(2)13-5-7-15(8-6-13)20-16(22)14(9-18)10-19-17(3,4)11-21/h5-8,10,12,19,21H,11H2,1-4H3,(H,20,22)/b14-10-. The Bertz CT molecular complexity index is 581. The molecule has 0 saturated carbocycles. The van der Waals surface area contributed by atoms with E-state index in [1.807, 2.05) is 30.3 Å². The topological polar surface area (TPSA) is 85.2 Å². The lowest BCUT2D eigenvalue weighted by Crippen LogP contribution is -2.39. The zero-order valence-corrected chi connectivity index (χ0v) is 13.5. The normalized spacial score (nSPS) is 12.0. The van der Waals surface area contributed by atoms with Gasteiger partial charge < -0.3 is 15.7 Å². The maximum Gasteiger partial charge on any atom is 0.267 e. The average Bonchev–Trinajstić information content (AvgIpc) is 2.48. The monoisotopic (exact) mass is 301 g/mol. The molecule has 0 aliphatic heterocycles. The smallest absolute Gasteiger partial charge is 0.267 e. The predicted octanol–water partition coefficient (Wildman–Crippen LogP) is 2.52. The summed E-state index contributed by atoms with van der Waals surface area (Å²) in [5.74, 6) is -0.0646. The van der Waals surface area contributed by atoms with Crippen molar-refractivity contribution in [3.05, 3.63) is 41.6 Å². The Balaban J connectivity index is 2.77. The van der Waals surface area contributed by atoms with Crippen molar-refractivity contribution in [1.82, 2.24) is 5.32 Å². The number of carbonyl (C=O) groups is 1. The molecule has 0 aliphatic rings. The summed E-state index contributed by atoms with van der Waals surface area (Å²) in [5.41, 5.74) is 1.17. The molecule has 0 aromatic heterocycles. The van der Waals surface area contributed by atoms with Gasteiger partial charge in [0.15, 0.2) is 0 Å². The van der Waals surface area contributed by atoms with Gasteiger partial charge in [-0.05, 0) is 37.5 Å². The van der Waals surface area contributed by atoms with Crippen molar-refractivity contribution in [3.8, 4) is 6.07 Å². The number of benzene rings is 1. The van der Waals surface area contributed by atoms with Crippen LogP contribution in [0.15, 0.2) is 36.0 Å². The van der Waals surface area contributed by atoms with Crippen LogP contribution >= 0.6 is 0 Å². The summed E-state index contributed by atoms with van der Waals surface area (Å²) in [6.45, 7) is 7.61. The van der Waals surface area contributed by atoms with Crippen LogP contribution in [0.3, 0.4) is 0 Å². The molecule has 0 heterocycles. The van der Waals surface area contributed by atoms with Crippen LogP contribution in [-0.2, 0) is 4.79 Å². The number of rotatable bonds is 6. The van der Waals surface area contributed by atoms with Gasteiger partial charge in [0.25, 0.3) is 5.91 Å². The lowest BCUT2D eigenvalue weighted by atomic mass is 10.0. The Labute approximate surface area is 131 Å². The van der Waals surface area contributed by atoms with Gasteiger partial charge in [-0.2, -0.15) is 5.26 Å². The summed E-state index contributed by atoms with van der Waals surface area (Å²) in [5, 5.41) is 23.8. The molecule has 5 heteroatoms. The second-order valence-electron chi connectivity index (χ2n) is 6.09. The van der Waals surface area contributed by atoms with E-state index in [4.69, 9.17) is 10.4 Å². The fourth-order valence-corrected chi connectivity index (χ4v) is 1.61. The number of hydrogen-bond acceptors (Lipinski definition) is 4. The molecule has 118 valence electrons. The summed E-state index contributed by atoms with van der Waals surface area (Å²) < 4.78 is 0. The van der Waals surface area contributed by atoms with E-state index in [9.17, 15) is 4.79 Å². The van der Waals surface area contributed by atoms with Gasteiger partial charge in [-0.1, -0.05) is 26.0 Å². The lowest BCUT2D eigenvalue weighted by molar-refractivity contribution is -0.112. The average molecular weight is 301 g/mol. The van der Waals surface area contributed by atoms with E-state index in [-0.39, 0.29) is 12.2 Å². The van der Waals surface area contributed by atoms with Gasteiger partial charge in [0.05, 0.1) is 12.1 Å². The summed E-state index contributed by atoms with van der Waals surface area (Å²) in [6.07, 6.45) is 1.33. The Morgan fingerprint density at radius 2 is 1.95 bits per heavy atom. The summed E-state index contributed by atoms with van der Waals surface area (Å²) >= 11 is 0. The first-order valence-corrected chi connectivity index (χ1v) is 7.19. The second kappa shape index (κ2) is 7.62. The highest BCUT2D eigenvalue weighted by Crippen LogP contribution is 2.17. The molecule has 1 rings (SSSR count). The summed E-state index contributed by atoms with van der Waals surface area (Å²) in [7, 11) is 0. The number of carbonyl (C=O) groups excluding carboxylic acids is 1. The molecule has 0 spiro atoms. The molecule has 0 fully saturated rings. The summed E-state index contributed by atoms with van der Waals surface area (Å²) in [4.78, 5) is 12.1. The van der Waals surface area contributed by atoms with Crippen LogP contribution in [0.2, 0.25) is 0 Å². The van der Waals surface area contributed by atoms with Crippen molar-refractivity contribution in [3.63, 3.8) is 0 Å². The molecular formula is C17H23N3O2.